The third kappa shape index (κ3) is 4.64. The van der Waals surface area contributed by atoms with Gasteiger partial charge in [-0.15, -0.1) is 0 Å². The Morgan fingerprint density at radius 2 is 1.79 bits per heavy atom. The lowest BCUT2D eigenvalue weighted by Crippen LogP contribution is -2.41. The number of hydrogen-bond donors (Lipinski definition) is 1. The van der Waals surface area contributed by atoms with Gasteiger partial charge in [0, 0.05) is 29.7 Å². The number of benzene rings is 3. The summed E-state index contributed by atoms with van der Waals surface area (Å²) in [7, 11) is 0. The van der Waals surface area contributed by atoms with Gasteiger partial charge in [0.15, 0.2) is 0 Å². The van der Waals surface area contributed by atoms with E-state index in [4.69, 9.17) is 16.2 Å². The summed E-state index contributed by atoms with van der Waals surface area (Å²) < 4.78 is 8.38. The van der Waals surface area contributed by atoms with E-state index in [9.17, 15) is 14.4 Å². The van der Waals surface area contributed by atoms with Crippen molar-refractivity contribution in [1.82, 2.24) is 29.7 Å². The molecule has 0 saturated carbocycles. The molecule has 5 aromatic rings. The minimum atomic E-state index is -0.441. The van der Waals surface area contributed by atoms with Gasteiger partial charge in [0.25, 0.3) is 11.8 Å². The fourth-order valence-electron chi connectivity index (χ4n) is 4.69. The predicted molar refractivity (Wildman–Crippen MR) is 147 cm³/mol. The van der Waals surface area contributed by atoms with Crippen LogP contribution in [0.15, 0.2) is 80.6 Å². The molecule has 0 atom stereocenters. The van der Waals surface area contributed by atoms with E-state index >= 15 is 0 Å². The van der Waals surface area contributed by atoms with Gasteiger partial charge in [0.05, 0.1) is 22.9 Å². The number of nitrogens with one attached hydrogen (secondary N) is 1. The Hall–Kier alpha value is -4.22. The first-order valence-corrected chi connectivity index (χ1v) is 13.2. The Balaban J connectivity index is 1.41. The van der Waals surface area contributed by atoms with E-state index in [1.165, 1.54) is 4.57 Å². The van der Waals surface area contributed by atoms with Gasteiger partial charge in [-0.3, -0.25) is 18.7 Å². The first-order valence-electron chi connectivity index (χ1n) is 12.0. The quantitative estimate of drug-likeness (QED) is 0.321. The van der Waals surface area contributed by atoms with Crippen LogP contribution >= 0.6 is 27.5 Å². The van der Waals surface area contributed by atoms with Crippen LogP contribution in [0.1, 0.15) is 32.1 Å². The van der Waals surface area contributed by atoms with E-state index in [0.717, 1.165) is 5.56 Å². The Bertz CT molecular complexity index is 1800. The van der Waals surface area contributed by atoms with E-state index in [0.29, 0.717) is 44.0 Å². The highest BCUT2D eigenvalue weighted by atomic mass is 79.9. The van der Waals surface area contributed by atoms with Crippen LogP contribution in [0.25, 0.3) is 16.7 Å². The fraction of sp³-hybridized carbons (Fsp3) is 0.148. The Labute approximate surface area is 234 Å². The Morgan fingerprint density at radius 1 is 1.00 bits per heavy atom. The SMILES string of the molecule is O=C(NCc1ccccc1)c1c2n(c(=O)n1-c1ccc3nonc3c1)CCN(C(=O)c1ccc(Br)c(Cl)c1)C2. The summed E-state index contributed by atoms with van der Waals surface area (Å²) in [6.07, 6.45) is 0. The first-order chi connectivity index (χ1) is 18.9. The Morgan fingerprint density at radius 3 is 2.59 bits per heavy atom. The Kier molecular flexibility index (Phi) is 6.53. The smallest absolute Gasteiger partial charge is 0.333 e. The summed E-state index contributed by atoms with van der Waals surface area (Å²) in [5.41, 5.74) is 2.94. The molecule has 3 aromatic carbocycles. The van der Waals surface area contributed by atoms with Crippen LogP contribution in [0.2, 0.25) is 5.02 Å². The molecule has 0 aliphatic carbocycles. The van der Waals surface area contributed by atoms with Crippen LogP contribution in [0.4, 0.5) is 0 Å². The number of hydrogen-bond acceptors (Lipinski definition) is 6. The second kappa shape index (κ2) is 10.2. The van der Waals surface area contributed by atoms with Gasteiger partial charge in [0.1, 0.15) is 16.7 Å². The van der Waals surface area contributed by atoms with E-state index in [1.807, 2.05) is 30.3 Å². The summed E-state index contributed by atoms with van der Waals surface area (Å²) in [6, 6.07) is 19.4. The van der Waals surface area contributed by atoms with Crippen molar-refractivity contribution in [2.24, 2.45) is 0 Å². The second-order valence-corrected chi connectivity index (χ2v) is 10.3. The monoisotopic (exact) mass is 606 g/mol. The highest BCUT2D eigenvalue weighted by Crippen LogP contribution is 2.26. The van der Waals surface area contributed by atoms with Crippen molar-refractivity contribution in [3.8, 4) is 5.69 Å². The van der Waals surface area contributed by atoms with Crippen LogP contribution < -0.4 is 11.0 Å². The van der Waals surface area contributed by atoms with Crippen LogP contribution in [-0.4, -0.2) is 42.7 Å². The van der Waals surface area contributed by atoms with Gasteiger partial charge >= 0.3 is 5.69 Å². The molecule has 0 radical (unpaired) electrons. The number of carbonyl (C=O) groups is 2. The van der Waals surface area contributed by atoms with Gasteiger partial charge in [-0.25, -0.2) is 9.42 Å². The molecule has 1 aliphatic heterocycles. The molecule has 6 rings (SSSR count). The summed E-state index contributed by atoms with van der Waals surface area (Å²) in [5, 5.41) is 11.0. The zero-order valence-electron chi connectivity index (χ0n) is 20.3. The number of halogens is 2. The van der Waals surface area contributed by atoms with E-state index < -0.39 is 5.91 Å². The standard InChI is InChI=1S/C27H20BrClN6O4/c28-19-8-6-17(12-20(19)29)26(37)33-10-11-34-23(15-33)24(25(36)30-14-16-4-2-1-3-5-16)35(27(34)38)18-7-9-21-22(13-18)32-39-31-21/h1-9,12-13H,10-11,14-15H2,(H,30,36). The third-order valence-corrected chi connectivity index (χ3v) is 7.87. The predicted octanol–water partition coefficient (Wildman–Crippen LogP) is 4.18. The van der Waals surface area contributed by atoms with Crippen LogP contribution in [0.5, 0.6) is 0 Å². The molecule has 0 unspecified atom stereocenters. The normalized spacial score (nSPS) is 12.9. The summed E-state index contributed by atoms with van der Waals surface area (Å²) in [4.78, 5) is 42.3. The second-order valence-electron chi connectivity index (χ2n) is 9.03. The zero-order valence-corrected chi connectivity index (χ0v) is 22.6. The van der Waals surface area contributed by atoms with Gasteiger partial charge in [-0.2, -0.15) is 0 Å². The van der Waals surface area contributed by atoms with Gasteiger partial charge in [0.2, 0.25) is 0 Å². The number of fused-ring (bicyclic) bond motifs is 2. The number of aromatic nitrogens is 4. The van der Waals surface area contributed by atoms with E-state index in [1.54, 1.807) is 45.9 Å². The molecule has 12 heteroatoms. The van der Waals surface area contributed by atoms with Crippen molar-refractivity contribution in [3.63, 3.8) is 0 Å². The number of nitrogens with zero attached hydrogens (tertiary/aromatic N) is 5. The maximum Gasteiger partial charge on any atom is 0.333 e. The lowest BCUT2D eigenvalue weighted by Gasteiger charge is -2.28. The highest BCUT2D eigenvalue weighted by molar-refractivity contribution is 9.10. The van der Waals surface area contributed by atoms with Crippen LogP contribution in [-0.2, 0) is 19.6 Å². The molecule has 0 spiro atoms. The van der Waals surface area contributed by atoms with E-state index in [-0.39, 0.29) is 36.9 Å². The number of rotatable bonds is 5. The van der Waals surface area contributed by atoms with Crippen LogP contribution in [0, 0.1) is 0 Å². The molecule has 1 aliphatic rings. The molecular weight excluding hydrogens is 588 g/mol. The molecule has 2 aromatic heterocycles. The number of amides is 2. The van der Waals surface area contributed by atoms with Crippen molar-refractivity contribution in [3.05, 3.63) is 109 Å². The lowest BCUT2D eigenvalue weighted by molar-refractivity contribution is 0.0706. The molecule has 0 bridgehead atoms. The molecule has 0 fully saturated rings. The maximum atomic E-state index is 13.7. The zero-order chi connectivity index (χ0) is 27.1. The van der Waals surface area contributed by atoms with E-state index in [2.05, 4.69) is 31.6 Å². The average molecular weight is 608 g/mol. The molecule has 1 N–H and O–H groups in total. The maximum absolute atomic E-state index is 13.7. The average Bonchev–Trinajstić information content (AvgIpc) is 3.54. The third-order valence-electron chi connectivity index (χ3n) is 6.64. The van der Waals surface area contributed by atoms with Gasteiger partial charge in [-0.05, 0) is 68.2 Å². The lowest BCUT2D eigenvalue weighted by atomic mass is 10.1. The van der Waals surface area contributed by atoms with Crippen molar-refractivity contribution in [2.75, 3.05) is 6.54 Å². The minimum Gasteiger partial charge on any atom is -0.347 e. The van der Waals surface area contributed by atoms with Crippen molar-refractivity contribution in [2.45, 2.75) is 19.6 Å². The van der Waals surface area contributed by atoms with Crippen LogP contribution in [0.3, 0.4) is 0 Å². The molecular formula is C27H20BrClN6O4. The molecule has 39 heavy (non-hydrogen) atoms. The topological polar surface area (TPSA) is 115 Å². The molecule has 2 amide bonds. The number of imidazole rings is 1. The molecule has 10 nitrogen and oxygen atoms in total. The molecule has 196 valence electrons. The molecule has 0 saturated heterocycles. The van der Waals surface area contributed by atoms with Crippen molar-refractivity contribution >= 4 is 50.4 Å². The fourth-order valence-corrected chi connectivity index (χ4v) is 5.12. The number of carbonyl (C=O) groups excluding carboxylic acids is 2. The summed E-state index contributed by atoms with van der Waals surface area (Å²) in [5.74, 6) is -0.689. The van der Waals surface area contributed by atoms with Gasteiger partial charge in [-0.1, -0.05) is 41.9 Å². The first kappa shape index (κ1) is 25.1. The largest absolute Gasteiger partial charge is 0.347 e. The summed E-state index contributed by atoms with van der Waals surface area (Å²) >= 11 is 9.56. The minimum absolute atomic E-state index is 0.0661. The highest BCUT2D eigenvalue weighted by Gasteiger charge is 2.32. The molecule has 3 heterocycles. The van der Waals surface area contributed by atoms with Crippen molar-refractivity contribution < 1.29 is 14.2 Å². The van der Waals surface area contributed by atoms with Crippen molar-refractivity contribution in [1.29, 1.82) is 0 Å². The summed E-state index contributed by atoms with van der Waals surface area (Å²) in [6.45, 7) is 0.853. The van der Waals surface area contributed by atoms with Gasteiger partial charge < -0.3 is 10.2 Å².